The predicted molar refractivity (Wildman–Crippen MR) is 89.4 cm³/mol. The lowest BCUT2D eigenvalue weighted by Crippen LogP contribution is -2.10. The van der Waals surface area contributed by atoms with Gasteiger partial charge in [0.1, 0.15) is 10.5 Å². The van der Waals surface area contributed by atoms with Crippen LogP contribution in [0.15, 0.2) is 4.47 Å². The summed E-state index contributed by atoms with van der Waals surface area (Å²) in [7, 11) is 0. The lowest BCUT2D eigenvalue weighted by Gasteiger charge is -2.18. The number of H-pyrrole nitrogens is 1. The van der Waals surface area contributed by atoms with E-state index in [-0.39, 0.29) is 4.75 Å². The SMILES string of the molecule is CC(C)(C)SCc1nc(=S)c(Br)c(C2CCCC2)[nH]1. The molecule has 2 rings (SSSR count). The summed E-state index contributed by atoms with van der Waals surface area (Å²) in [6.07, 6.45) is 5.18. The van der Waals surface area contributed by atoms with Crippen LogP contribution in [0.25, 0.3) is 0 Å². The molecular weight excluding hydrogens is 340 g/mol. The van der Waals surface area contributed by atoms with Crippen molar-refractivity contribution in [1.82, 2.24) is 9.97 Å². The van der Waals surface area contributed by atoms with E-state index < -0.39 is 0 Å². The van der Waals surface area contributed by atoms with Crippen molar-refractivity contribution in [2.45, 2.75) is 62.9 Å². The quantitative estimate of drug-likeness (QED) is 0.712. The Morgan fingerprint density at radius 3 is 2.58 bits per heavy atom. The zero-order valence-electron chi connectivity index (χ0n) is 11.8. The Labute approximate surface area is 133 Å². The smallest absolute Gasteiger partial charge is 0.144 e. The van der Waals surface area contributed by atoms with Gasteiger partial charge in [-0.15, -0.1) is 11.8 Å². The number of hydrogen-bond acceptors (Lipinski definition) is 3. The van der Waals surface area contributed by atoms with Crippen LogP contribution in [-0.2, 0) is 5.75 Å². The van der Waals surface area contributed by atoms with Gasteiger partial charge >= 0.3 is 0 Å². The van der Waals surface area contributed by atoms with Crippen molar-refractivity contribution in [1.29, 1.82) is 0 Å². The Kier molecular flexibility index (Phi) is 5.12. The number of aromatic amines is 1. The summed E-state index contributed by atoms with van der Waals surface area (Å²) in [5.41, 5.74) is 1.27. The molecule has 0 bridgehead atoms. The Morgan fingerprint density at radius 1 is 1.37 bits per heavy atom. The zero-order chi connectivity index (χ0) is 14.0. The maximum Gasteiger partial charge on any atom is 0.144 e. The highest BCUT2D eigenvalue weighted by Crippen LogP contribution is 2.37. The van der Waals surface area contributed by atoms with Gasteiger partial charge in [-0.3, -0.25) is 0 Å². The summed E-state index contributed by atoms with van der Waals surface area (Å²) in [4.78, 5) is 8.02. The second-order valence-corrected chi connectivity index (χ2v) is 9.08. The first-order chi connectivity index (χ1) is 8.87. The van der Waals surface area contributed by atoms with Gasteiger partial charge in [-0.25, -0.2) is 4.98 Å². The van der Waals surface area contributed by atoms with Gasteiger partial charge in [0.25, 0.3) is 0 Å². The molecule has 1 aliphatic rings. The first-order valence-electron chi connectivity index (χ1n) is 6.79. The van der Waals surface area contributed by atoms with E-state index in [0.29, 0.717) is 10.6 Å². The molecule has 1 aromatic heterocycles. The van der Waals surface area contributed by atoms with Crippen molar-refractivity contribution in [3.63, 3.8) is 0 Å². The van der Waals surface area contributed by atoms with Crippen LogP contribution in [0.4, 0.5) is 0 Å². The molecule has 0 spiro atoms. The lowest BCUT2D eigenvalue weighted by molar-refractivity contribution is 0.681. The van der Waals surface area contributed by atoms with Crippen LogP contribution < -0.4 is 0 Å². The van der Waals surface area contributed by atoms with E-state index in [9.17, 15) is 0 Å². The number of nitrogens with one attached hydrogen (secondary N) is 1. The molecule has 5 heteroatoms. The molecule has 1 N–H and O–H groups in total. The maximum atomic E-state index is 5.38. The monoisotopic (exact) mass is 360 g/mol. The Balaban J connectivity index is 2.23. The van der Waals surface area contributed by atoms with Crippen LogP contribution in [0.5, 0.6) is 0 Å². The summed E-state index contributed by atoms with van der Waals surface area (Å²) in [5.74, 6) is 2.52. The fraction of sp³-hybridized carbons (Fsp3) is 0.714. The van der Waals surface area contributed by atoms with E-state index in [1.807, 2.05) is 11.8 Å². The van der Waals surface area contributed by atoms with Crippen molar-refractivity contribution in [2.24, 2.45) is 0 Å². The fourth-order valence-corrected chi connectivity index (χ4v) is 3.81. The minimum absolute atomic E-state index is 0.248. The molecule has 0 saturated heterocycles. The van der Waals surface area contributed by atoms with E-state index in [2.05, 4.69) is 46.7 Å². The number of thioether (sulfide) groups is 1. The van der Waals surface area contributed by atoms with Gasteiger partial charge in [0, 0.05) is 16.4 Å². The molecule has 1 saturated carbocycles. The largest absolute Gasteiger partial charge is 0.345 e. The molecule has 1 aliphatic carbocycles. The van der Waals surface area contributed by atoms with Crippen molar-refractivity contribution in [3.8, 4) is 0 Å². The van der Waals surface area contributed by atoms with Crippen molar-refractivity contribution < 1.29 is 0 Å². The normalized spacial score (nSPS) is 17.1. The van der Waals surface area contributed by atoms with Crippen LogP contribution in [0, 0.1) is 4.64 Å². The predicted octanol–water partition coefficient (Wildman–Crippen LogP) is 5.59. The maximum absolute atomic E-state index is 5.38. The molecule has 0 aromatic carbocycles. The summed E-state index contributed by atoms with van der Waals surface area (Å²) in [5, 5.41) is 0. The molecule has 0 aliphatic heterocycles. The Bertz CT molecular complexity index is 499. The summed E-state index contributed by atoms with van der Waals surface area (Å²) < 4.78 is 1.95. The van der Waals surface area contributed by atoms with Gasteiger partial charge in [-0.05, 0) is 28.8 Å². The van der Waals surface area contributed by atoms with Gasteiger partial charge < -0.3 is 4.98 Å². The van der Waals surface area contributed by atoms with Crippen LogP contribution in [0.1, 0.15) is 63.9 Å². The average Bonchev–Trinajstić information content (AvgIpc) is 2.83. The highest BCUT2D eigenvalue weighted by atomic mass is 79.9. The first kappa shape index (κ1) is 15.5. The number of halogens is 1. The van der Waals surface area contributed by atoms with Crippen LogP contribution in [0.2, 0.25) is 0 Å². The van der Waals surface area contributed by atoms with Crippen LogP contribution in [0.3, 0.4) is 0 Å². The van der Waals surface area contributed by atoms with E-state index in [1.165, 1.54) is 31.4 Å². The zero-order valence-corrected chi connectivity index (χ0v) is 15.0. The number of aromatic nitrogens is 2. The van der Waals surface area contributed by atoms with Crippen molar-refractivity contribution >= 4 is 39.9 Å². The number of nitrogens with zero attached hydrogens (tertiary/aromatic N) is 1. The van der Waals surface area contributed by atoms with E-state index in [4.69, 9.17) is 12.2 Å². The lowest BCUT2D eigenvalue weighted by atomic mass is 10.0. The third kappa shape index (κ3) is 4.30. The standard InChI is InChI=1S/C14H21BrN2S2/c1-14(2,3)19-8-10-16-12(9-6-4-5-7-9)11(15)13(18)17-10/h9H,4-8H2,1-3H3,(H,16,17,18). The summed E-state index contributed by atoms with van der Waals surface area (Å²) in [6, 6.07) is 0. The minimum atomic E-state index is 0.248. The van der Waals surface area contributed by atoms with E-state index in [1.54, 1.807) is 0 Å². The number of rotatable bonds is 3. The van der Waals surface area contributed by atoms with Crippen LogP contribution >= 0.6 is 39.9 Å². The molecule has 0 amide bonds. The van der Waals surface area contributed by atoms with Gasteiger partial charge in [-0.1, -0.05) is 45.8 Å². The summed E-state index contributed by atoms with van der Waals surface area (Å²) in [6.45, 7) is 6.68. The Morgan fingerprint density at radius 2 is 2.00 bits per heavy atom. The molecule has 0 unspecified atom stereocenters. The minimum Gasteiger partial charge on any atom is -0.345 e. The van der Waals surface area contributed by atoms with Gasteiger partial charge in [0.2, 0.25) is 0 Å². The van der Waals surface area contributed by atoms with E-state index in [0.717, 1.165) is 16.0 Å². The second-order valence-electron chi connectivity index (χ2n) is 6.10. The Hall–Kier alpha value is 0.130. The van der Waals surface area contributed by atoms with Gasteiger partial charge in [0.05, 0.1) is 10.2 Å². The first-order valence-corrected chi connectivity index (χ1v) is 8.98. The van der Waals surface area contributed by atoms with Gasteiger partial charge in [0.15, 0.2) is 0 Å². The van der Waals surface area contributed by atoms with Gasteiger partial charge in [-0.2, -0.15) is 0 Å². The molecule has 0 radical (unpaired) electrons. The number of hydrogen-bond donors (Lipinski definition) is 1. The topological polar surface area (TPSA) is 28.7 Å². The molecule has 1 aromatic rings. The molecule has 1 heterocycles. The molecular formula is C14H21BrN2S2. The highest BCUT2D eigenvalue weighted by molar-refractivity contribution is 9.10. The summed E-state index contributed by atoms with van der Waals surface area (Å²) >= 11 is 10.9. The van der Waals surface area contributed by atoms with Crippen molar-refractivity contribution in [2.75, 3.05) is 0 Å². The van der Waals surface area contributed by atoms with Crippen molar-refractivity contribution in [3.05, 3.63) is 20.6 Å². The molecule has 2 nitrogen and oxygen atoms in total. The highest BCUT2D eigenvalue weighted by Gasteiger charge is 2.22. The van der Waals surface area contributed by atoms with E-state index >= 15 is 0 Å². The molecule has 19 heavy (non-hydrogen) atoms. The molecule has 1 fully saturated rings. The molecule has 0 atom stereocenters. The third-order valence-corrected chi connectivity index (χ3v) is 5.99. The third-order valence-electron chi connectivity index (χ3n) is 3.35. The average molecular weight is 361 g/mol. The van der Waals surface area contributed by atoms with Crippen LogP contribution in [-0.4, -0.2) is 14.7 Å². The fourth-order valence-electron chi connectivity index (χ4n) is 2.37. The second kappa shape index (κ2) is 6.27. The molecule has 106 valence electrons.